The molecule has 0 aliphatic carbocycles. The second kappa shape index (κ2) is 4.84. The van der Waals surface area contributed by atoms with Gasteiger partial charge < -0.3 is 16.2 Å². The summed E-state index contributed by atoms with van der Waals surface area (Å²) in [6.45, 7) is 0.0370. The lowest BCUT2D eigenvalue weighted by atomic mass is 10.2. The molecule has 6 heteroatoms. The molecule has 4 N–H and O–H groups in total. The van der Waals surface area contributed by atoms with E-state index in [4.69, 9.17) is 10.8 Å². The van der Waals surface area contributed by atoms with Gasteiger partial charge in [0.15, 0.2) is 0 Å². The van der Waals surface area contributed by atoms with Crippen molar-refractivity contribution >= 4 is 6.09 Å². The fourth-order valence-corrected chi connectivity index (χ4v) is 0.599. The molecule has 0 spiro atoms. The lowest BCUT2D eigenvalue weighted by Crippen LogP contribution is -2.40. The Morgan fingerprint density at radius 3 is 2.45 bits per heavy atom. The van der Waals surface area contributed by atoms with Crippen molar-refractivity contribution in [2.75, 3.05) is 6.54 Å². The summed E-state index contributed by atoms with van der Waals surface area (Å²) < 4.78 is 23.7. The highest BCUT2D eigenvalue weighted by molar-refractivity contribution is 5.64. The van der Waals surface area contributed by atoms with E-state index >= 15 is 0 Å². The summed E-state index contributed by atoms with van der Waals surface area (Å²) in [6, 6.07) is -1.35. The fourth-order valence-electron chi connectivity index (χ4n) is 0.599. The molecule has 0 rings (SSSR count). The molecule has 66 valence electrons. The van der Waals surface area contributed by atoms with Crippen molar-refractivity contribution in [2.45, 2.75) is 18.9 Å². The van der Waals surface area contributed by atoms with E-state index in [2.05, 4.69) is 0 Å². The van der Waals surface area contributed by atoms with Gasteiger partial charge in [0.05, 0.1) is 6.04 Å². The molecule has 0 heterocycles. The minimum atomic E-state index is -2.70. The van der Waals surface area contributed by atoms with Crippen LogP contribution in [0, 0.1) is 0 Å². The molecule has 0 aromatic carbocycles. The normalized spacial score (nSPS) is 13.1. The van der Waals surface area contributed by atoms with Gasteiger partial charge >= 0.3 is 6.09 Å². The zero-order valence-electron chi connectivity index (χ0n) is 5.76. The van der Waals surface area contributed by atoms with E-state index in [1.807, 2.05) is 0 Å². The predicted octanol–water partition coefficient (Wildman–Crippen LogP) is 0.236. The Hall–Kier alpha value is -0.910. The Labute approximate surface area is 62.4 Å². The third kappa shape index (κ3) is 4.49. The molecule has 0 aromatic heterocycles. The van der Waals surface area contributed by atoms with Gasteiger partial charge in [-0.05, 0) is 13.0 Å². The minimum absolute atomic E-state index is 0.0370. The van der Waals surface area contributed by atoms with E-state index in [1.165, 1.54) is 0 Å². The Morgan fingerprint density at radius 1 is 1.64 bits per heavy atom. The molecule has 1 unspecified atom stereocenters. The summed E-state index contributed by atoms with van der Waals surface area (Å²) >= 11 is 0. The fraction of sp³-hybridized carbons (Fsp3) is 0.800. The van der Waals surface area contributed by atoms with E-state index in [1.54, 1.807) is 5.32 Å². The monoisotopic (exact) mass is 168 g/mol. The number of alkyl halides is 2. The number of hydrogen-bond donors (Lipinski definition) is 3. The average Bonchev–Trinajstić information content (AvgIpc) is 1.86. The Morgan fingerprint density at radius 2 is 2.18 bits per heavy atom. The summed E-state index contributed by atoms with van der Waals surface area (Å²) in [6.07, 6.45) is -4.21. The van der Waals surface area contributed by atoms with Crippen molar-refractivity contribution in [3.63, 3.8) is 0 Å². The smallest absolute Gasteiger partial charge is 0.405 e. The van der Waals surface area contributed by atoms with Gasteiger partial charge in [-0.3, -0.25) is 0 Å². The number of amides is 1. The third-order valence-electron chi connectivity index (χ3n) is 1.09. The quantitative estimate of drug-likeness (QED) is 0.562. The van der Waals surface area contributed by atoms with Gasteiger partial charge in [-0.2, -0.15) is 0 Å². The van der Waals surface area contributed by atoms with Crippen LogP contribution in [-0.2, 0) is 0 Å². The van der Waals surface area contributed by atoms with Crippen molar-refractivity contribution in [1.82, 2.24) is 5.32 Å². The lowest BCUT2D eigenvalue weighted by molar-refractivity contribution is 0.0915. The first-order chi connectivity index (χ1) is 5.07. The summed E-state index contributed by atoms with van der Waals surface area (Å²) in [5.41, 5.74) is 4.98. The van der Waals surface area contributed by atoms with Crippen LogP contribution in [0.3, 0.4) is 0 Å². The number of rotatable bonds is 4. The van der Waals surface area contributed by atoms with Crippen LogP contribution in [0.5, 0.6) is 0 Å². The number of carboxylic acid groups (broad SMARTS) is 1. The highest BCUT2D eigenvalue weighted by Crippen LogP contribution is 2.03. The van der Waals surface area contributed by atoms with Crippen molar-refractivity contribution in [2.24, 2.45) is 5.73 Å². The maximum atomic E-state index is 11.9. The van der Waals surface area contributed by atoms with Gasteiger partial charge in [-0.15, -0.1) is 0 Å². The second-order valence-electron chi connectivity index (χ2n) is 1.97. The maximum Gasteiger partial charge on any atom is 0.405 e. The summed E-state index contributed by atoms with van der Waals surface area (Å²) in [5, 5.41) is 9.74. The molecule has 0 saturated carbocycles. The van der Waals surface area contributed by atoms with Crippen molar-refractivity contribution in [1.29, 1.82) is 0 Å². The SMILES string of the molecule is NCCC(NC(=O)O)C(F)F. The molecule has 1 amide bonds. The van der Waals surface area contributed by atoms with E-state index in [-0.39, 0.29) is 13.0 Å². The Kier molecular flexibility index (Phi) is 4.44. The zero-order chi connectivity index (χ0) is 8.85. The molecule has 4 nitrogen and oxygen atoms in total. The van der Waals surface area contributed by atoms with Crippen LogP contribution in [0.15, 0.2) is 0 Å². The number of nitrogens with two attached hydrogens (primary N) is 1. The van der Waals surface area contributed by atoms with E-state index in [0.29, 0.717) is 0 Å². The van der Waals surface area contributed by atoms with E-state index < -0.39 is 18.6 Å². The van der Waals surface area contributed by atoms with E-state index in [9.17, 15) is 13.6 Å². The molecule has 0 aliphatic heterocycles. The number of hydrogen-bond acceptors (Lipinski definition) is 2. The first-order valence-corrected chi connectivity index (χ1v) is 3.05. The minimum Gasteiger partial charge on any atom is -0.465 e. The topological polar surface area (TPSA) is 75.3 Å². The van der Waals surface area contributed by atoms with Gasteiger partial charge in [0.2, 0.25) is 0 Å². The van der Waals surface area contributed by atoms with Crippen LogP contribution in [0.2, 0.25) is 0 Å². The maximum absolute atomic E-state index is 11.9. The first-order valence-electron chi connectivity index (χ1n) is 3.05. The number of nitrogens with one attached hydrogen (secondary N) is 1. The highest BCUT2D eigenvalue weighted by Gasteiger charge is 2.20. The first kappa shape index (κ1) is 10.1. The molecule has 0 aliphatic rings. The molecule has 0 bridgehead atoms. The van der Waals surface area contributed by atoms with Crippen molar-refractivity contribution < 1.29 is 18.7 Å². The number of carbonyl (C=O) groups is 1. The van der Waals surface area contributed by atoms with Crippen LogP contribution in [0.25, 0.3) is 0 Å². The zero-order valence-corrected chi connectivity index (χ0v) is 5.76. The Balaban J connectivity index is 3.79. The van der Waals surface area contributed by atoms with Gasteiger partial charge in [-0.25, -0.2) is 13.6 Å². The van der Waals surface area contributed by atoms with Crippen LogP contribution < -0.4 is 11.1 Å². The van der Waals surface area contributed by atoms with Crippen molar-refractivity contribution in [3.05, 3.63) is 0 Å². The van der Waals surface area contributed by atoms with Gasteiger partial charge in [0.25, 0.3) is 6.43 Å². The largest absolute Gasteiger partial charge is 0.465 e. The average molecular weight is 168 g/mol. The second-order valence-corrected chi connectivity index (χ2v) is 1.97. The summed E-state index contributed by atoms with van der Waals surface area (Å²) in [4.78, 5) is 9.90. The summed E-state index contributed by atoms with van der Waals surface area (Å²) in [5.74, 6) is 0. The molecule has 0 saturated heterocycles. The molecule has 1 atom stereocenters. The molecular formula is C5H10F2N2O2. The Bertz CT molecular complexity index is 132. The van der Waals surface area contributed by atoms with Gasteiger partial charge in [0.1, 0.15) is 0 Å². The standard InChI is InChI=1S/C5H10F2N2O2/c6-4(7)3(1-2-8)9-5(10)11/h3-4,9H,1-2,8H2,(H,10,11). The van der Waals surface area contributed by atoms with Crippen LogP contribution in [-0.4, -0.2) is 30.2 Å². The van der Waals surface area contributed by atoms with Gasteiger partial charge in [0, 0.05) is 0 Å². The van der Waals surface area contributed by atoms with Crippen LogP contribution in [0.4, 0.5) is 13.6 Å². The third-order valence-corrected chi connectivity index (χ3v) is 1.09. The summed E-state index contributed by atoms with van der Waals surface area (Å²) in [7, 11) is 0. The van der Waals surface area contributed by atoms with E-state index in [0.717, 1.165) is 0 Å². The van der Waals surface area contributed by atoms with Crippen LogP contribution >= 0.6 is 0 Å². The molecule has 0 fully saturated rings. The number of halogens is 2. The van der Waals surface area contributed by atoms with Crippen molar-refractivity contribution in [3.8, 4) is 0 Å². The van der Waals surface area contributed by atoms with Gasteiger partial charge in [-0.1, -0.05) is 0 Å². The molecule has 0 radical (unpaired) electrons. The highest BCUT2D eigenvalue weighted by atomic mass is 19.3. The molecular weight excluding hydrogens is 158 g/mol. The molecule has 11 heavy (non-hydrogen) atoms. The lowest BCUT2D eigenvalue weighted by Gasteiger charge is -2.13. The van der Waals surface area contributed by atoms with Crippen LogP contribution in [0.1, 0.15) is 6.42 Å². The molecule has 0 aromatic rings. The predicted molar refractivity (Wildman–Crippen MR) is 34.6 cm³/mol.